The fourth-order valence-electron chi connectivity index (χ4n) is 7.25. The largest absolute Gasteiger partial charge is 0.394 e. The van der Waals surface area contributed by atoms with E-state index in [1.807, 2.05) is 0 Å². The number of hydrogen-bond acceptors (Lipinski definition) is 16. The predicted octanol–water partition coefficient (Wildman–Crippen LogP) is -4.26. The summed E-state index contributed by atoms with van der Waals surface area (Å²) in [6.45, 7) is 2.27. The fourth-order valence-corrected chi connectivity index (χ4v) is 7.25. The number of rotatable bonds is 24. The predicted molar refractivity (Wildman–Crippen MR) is 222 cm³/mol. The van der Waals surface area contributed by atoms with E-state index in [0.717, 1.165) is 9.80 Å². The quantitative estimate of drug-likeness (QED) is 0.0444. The Morgan fingerprint density at radius 2 is 0.823 bits per heavy atom. The molecule has 2 aromatic rings. The lowest BCUT2D eigenvalue weighted by atomic mass is 9.89. The second kappa shape index (κ2) is 23.9. The first-order chi connectivity index (χ1) is 29.0. The molecule has 15 N–H and O–H groups in total. The molecule has 0 saturated carbocycles. The van der Waals surface area contributed by atoms with Crippen LogP contribution in [0, 0.1) is 41.5 Å². The van der Waals surface area contributed by atoms with Crippen molar-refractivity contribution in [2.24, 2.45) is 11.5 Å². The summed E-state index contributed by atoms with van der Waals surface area (Å²) < 4.78 is 5.30. The molecule has 0 heterocycles. The molecule has 62 heavy (non-hydrogen) atoms. The van der Waals surface area contributed by atoms with Gasteiger partial charge >= 0.3 is 0 Å². The molecule has 0 saturated heterocycles. The number of nitrogens with two attached hydrogens (primary N) is 2. The molecule has 0 fully saturated rings. The number of nitrogens with zero attached hydrogens (tertiary/aromatic N) is 2. The van der Waals surface area contributed by atoms with Crippen LogP contribution in [0.5, 0.6) is 0 Å². The summed E-state index contributed by atoms with van der Waals surface area (Å²) in [7, 11) is 0. The highest BCUT2D eigenvalue weighted by atomic mass is 16.5. The first-order valence-corrected chi connectivity index (χ1v) is 19.5. The minimum Gasteiger partial charge on any atom is -0.394 e. The van der Waals surface area contributed by atoms with E-state index >= 15 is 0 Å². The lowest BCUT2D eigenvalue weighted by molar-refractivity contribution is -0.127. The molecule has 5 atom stereocenters. The molecule has 0 aliphatic heterocycles. The summed E-state index contributed by atoms with van der Waals surface area (Å²) in [5, 5.41) is 93.8. The van der Waals surface area contributed by atoms with Crippen molar-refractivity contribution in [1.29, 1.82) is 0 Å². The van der Waals surface area contributed by atoms with Crippen LogP contribution in [0.2, 0.25) is 0 Å². The van der Waals surface area contributed by atoms with Crippen molar-refractivity contribution in [2.75, 3.05) is 75.6 Å². The smallest absolute Gasteiger partial charge is 0.252 e. The van der Waals surface area contributed by atoms with Gasteiger partial charge in [0.25, 0.3) is 11.8 Å². The van der Waals surface area contributed by atoms with E-state index < -0.39 is 138 Å². The lowest BCUT2D eigenvalue weighted by Gasteiger charge is -2.33. The number of benzene rings is 2. The number of nitrogens with one attached hydrogen (secondary N) is 2. The molecule has 22 nitrogen and oxygen atoms in total. The van der Waals surface area contributed by atoms with Crippen LogP contribution >= 0.6 is 0 Å². The molecule has 5 unspecified atom stereocenters. The summed E-state index contributed by atoms with van der Waals surface area (Å²) in [6, 6.07) is 0. The maximum Gasteiger partial charge on any atom is 0.252 e. The number of aliphatic hydroxyl groups excluding tert-OH is 9. The second-order valence-corrected chi connectivity index (χ2v) is 14.8. The first kappa shape index (κ1) is 53.0. The van der Waals surface area contributed by atoms with Gasteiger partial charge in [0.15, 0.2) is 0 Å². The summed E-state index contributed by atoms with van der Waals surface area (Å²) >= 11 is 0. The van der Waals surface area contributed by atoms with Crippen molar-refractivity contribution in [1.82, 2.24) is 10.6 Å². The van der Waals surface area contributed by atoms with E-state index in [4.69, 9.17) is 16.2 Å². The fraction of sp³-hybridized carbons (Fsp3) is 0.550. The zero-order valence-corrected chi connectivity index (χ0v) is 35.6. The number of anilines is 2. The van der Waals surface area contributed by atoms with Crippen LogP contribution < -0.4 is 31.9 Å². The van der Waals surface area contributed by atoms with Gasteiger partial charge < -0.3 is 82.6 Å². The third-order valence-electron chi connectivity index (χ3n) is 10.1. The van der Waals surface area contributed by atoms with Gasteiger partial charge in [0.1, 0.15) is 12.5 Å². The second-order valence-electron chi connectivity index (χ2n) is 14.8. The maximum absolute atomic E-state index is 14.6. The van der Waals surface area contributed by atoms with Crippen LogP contribution in [0.3, 0.4) is 0 Å². The standard InChI is InChI=1S/C40H60N6O16/c1-18-31(37(41)58)20(3)35(22(5)33(18)39(60)43-8-24(51)12-47)45(10-26(53)14-49)29(56)7-30(57)46(11-27(54)16-62-17-28(55)15-50)36-21(4)32(38(42)59)19(2)34(23(36)6)40(61)44-9-25(52)13-48/h24-28,47-55H,7-17H2,1-6H3,(H2,41,58)(H2,42,59)(H,43,60)(H,44,61). The number of ether oxygens (including phenoxy) is 1. The van der Waals surface area contributed by atoms with E-state index in [0.29, 0.717) is 0 Å². The molecular formula is C40H60N6O16. The number of carbonyl (C=O) groups excluding carboxylic acids is 6. The Bertz CT molecular complexity index is 1980. The molecule has 0 aromatic heterocycles. The Labute approximate surface area is 357 Å². The van der Waals surface area contributed by atoms with Crippen LogP contribution in [0.15, 0.2) is 0 Å². The Hall–Kier alpha value is -5.14. The Kier molecular flexibility index (Phi) is 20.4. The van der Waals surface area contributed by atoms with Crippen LogP contribution in [-0.2, 0) is 14.3 Å². The number of primary amides is 2. The minimum absolute atomic E-state index is 0.0370. The number of carbonyl (C=O) groups is 6. The van der Waals surface area contributed by atoms with Gasteiger partial charge in [-0.15, -0.1) is 0 Å². The van der Waals surface area contributed by atoms with Gasteiger partial charge in [-0.25, -0.2) is 0 Å². The molecular weight excluding hydrogens is 820 g/mol. The molecule has 22 heteroatoms. The average Bonchev–Trinajstić information content (AvgIpc) is 3.20. The normalized spacial score (nSPS) is 13.7. The molecule has 0 bridgehead atoms. The maximum atomic E-state index is 14.6. The molecule has 0 radical (unpaired) electrons. The molecule has 2 rings (SSSR count). The molecule has 0 aliphatic carbocycles. The molecule has 2 aromatic carbocycles. The summed E-state index contributed by atoms with van der Waals surface area (Å²) in [5.41, 5.74) is 10.7. The SMILES string of the molecule is Cc1c(C(N)=O)c(C)c(N(CC(O)CO)C(=O)CC(=O)N(CC(O)COCC(O)CO)c2c(C)c(C(N)=O)c(C)c(C(=O)NCC(O)CO)c2C)c(C)c1C(=O)NCC(O)CO. The first-order valence-electron chi connectivity index (χ1n) is 19.5. The van der Waals surface area contributed by atoms with E-state index in [9.17, 15) is 74.7 Å². The van der Waals surface area contributed by atoms with Crippen molar-refractivity contribution < 1.29 is 79.5 Å². The van der Waals surface area contributed by atoms with E-state index in [1.165, 1.54) is 41.5 Å². The average molecular weight is 881 g/mol. The Morgan fingerprint density at radius 1 is 0.500 bits per heavy atom. The van der Waals surface area contributed by atoms with Crippen molar-refractivity contribution in [3.63, 3.8) is 0 Å². The third kappa shape index (κ3) is 12.9. The Balaban J connectivity index is 2.94. The summed E-state index contributed by atoms with van der Waals surface area (Å²) in [6.07, 6.45) is -8.38. The van der Waals surface area contributed by atoms with Gasteiger partial charge in [0, 0.05) is 35.3 Å². The van der Waals surface area contributed by atoms with Gasteiger partial charge in [-0.3, -0.25) is 28.8 Å². The molecule has 6 amide bonds. The topological polar surface area (TPSA) is 376 Å². The van der Waals surface area contributed by atoms with Crippen molar-refractivity contribution in [3.05, 3.63) is 55.6 Å². The van der Waals surface area contributed by atoms with Crippen LogP contribution in [0.4, 0.5) is 11.4 Å². The van der Waals surface area contributed by atoms with E-state index in [-0.39, 0.29) is 67.0 Å². The minimum atomic E-state index is -1.65. The van der Waals surface area contributed by atoms with Crippen LogP contribution in [-0.4, -0.2) is 178 Å². The summed E-state index contributed by atoms with van der Waals surface area (Å²) in [5.74, 6) is -5.93. The van der Waals surface area contributed by atoms with Gasteiger partial charge in [-0.1, -0.05) is 0 Å². The van der Waals surface area contributed by atoms with Gasteiger partial charge in [-0.2, -0.15) is 0 Å². The zero-order chi connectivity index (χ0) is 47.3. The third-order valence-corrected chi connectivity index (χ3v) is 10.1. The zero-order valence-electron chi connectivity index (χ0n) is 35.6. The van der Waals surface area contributed by atoms with Crippen molar-refractivity contribution >= 4 is 46.8 Å². The van der Waals surface area contributed by atoms with E-state index in [1.54, 1.807) is 0 Å². The summed E-state index contributed by atoms with van der Waals surface area (Å²) in [4.78, 5) is 83.9. The lowest BCUT2D eigenvalue weighted by Crippen LogP contribution is -2.46. The number of amides is 6. The molecule has 0 aliphatic rings. The van der Waals surface area contributed by atoms with E-state index in [2.05, 4.69) is 10.6 Å². The van der Waals surface area contributed by atoms with Crippen molar-refractivity contribution in [2.45, 2.75) is 78.5 Å². The van der Waals surface area contributed by atoms with Gasteiger partial charge in [0.2, 0.25) is 23.6 Å². The highest BCUT2D eigenvalue weighted by Crippen LogP contribution is 2.37. The highest BCUT2D eigenvalue weighted by Gasteiger charge is 2.35. The monoisotopic (exact) mass is 880 g/mol. The van der Waals surface area contributed by atoms with Gasteiger partial charge in [-0.05, 0) is 74.9 Å². The highest BCUT2D eigenvalue weighted by molar-refractivity contribution is 6.14. The van der Waals surface area contributed by atoms with Crippen LogP contribution in [0.1, 0.15) is 81.2 Å². The van der Waals surface area contributed by atoms with Gasteiger partial charge in [0.05, 0.1) is 88.5 Å². The number of hydrogen-bond donors (Lipinski definition) is 13. The Morgan fingerprint density at radius 3 is 1.16 bits per heavy atom. The number of aliphatic hydroxyl groups is 9. The van der Waals surface area contributed by atoms with Crippen molar-refractivity contribution in [3.8, 4) is 0 Å². The molecule has 346 valence electrons. The van der Waals surface area contributed by atoms with Crippen LogP contribution in [0.25, 0.3) is 0 Å². The molecule has 0 spiro atoms.